The number of nitrogens with one attached hydrogen (secondary N) is 1. The Morgan fingerprint density at radius 2 is 2.13 bits per heavy atom. The highest BCUT2D eigenvalue weighted by molar-refractivity contribution is 5.71. The van der Waals surface area contributed by atoms with E-state index in [1.54, 1.807) is 0 Å². The van der Waals surface area contributed by atoms with Crippen molar-refractivity contribution in [1.82, 2.24) is 5.32 Å². The Labute approximate surface area is 92.3 Å². The summed E-state index contributed by atoms with van der Waals surface area (Å²) in [5, 5.41) is 12.6. The highest BCUT2D eigenvalue weighted by Crippen LogP contribution is 2.25. The molecule has 0 spiro atoms. The Morgan fingerprint density at radius 3 is 2.73 bits per heavy atom. The van der Waals surface area contributed by atoms with Crippen molar-refractivity contribution in [3.8, 4) is 0 Å². The highest BCUT2D eigenvalue weighted by atomic mass is 16.4. The monoisotopic (exact) mass is 213 g/mol. The summed E-state index contributed by atoms with van der Waals surface area (Å²) >= 11 is 0. The fourth-order valence-corrected chi connectivity index (χ4v) is 2.51. The largest absolute Gasteiger partial charge is 0.481 e. The van der Waals surface area contributed by atoms with E-state index >= 15 is 0 Å². The normalized spacial score (nSPS) is 28.7. The van der Waals surface area contributed by atoms with Gasteiger partial charge in [-0.25, -0.2) is 0 Å². The van der Waals surface area contributed by atoms with Crippen molar-refractivity contribution in [3.05, 3.63) is 0 Å². The predicted octanol–water partition coefficient (Wildman–Crippen LogP) is 2.41. The number of hydrogen-bond acceptors (Lipinski definition) is 2. The van der Waals surface area contributed by atoms with Gasteiger partial charge in [-0.3, -0.25) is 4.79 Å². The lowest BCUT2D eigenvalue weighted by atomic mass is 9.84. The van der Waals surface area contributed by atoms with Crippen LogP contribution in [0.5, 0.6) is 0 Å². The van der Waals surface area contributed by atoms with Crippen molar-refractivity contribution in [2.45, 2.75) is 64.5 Å². The van der Waals surface area contributed by atoms with E-state index in [0.29, 0.717) is 6.04 Å². The first-order chi connectivity index (χ1) is 7.15. The summed E-state index contributed by atoms with van der Waals surface area (Å²) in [6.45, 7) is 4.31. The number of aliphatic carboxylic acids is 1. The third-order valence-electron chi connectivity index (χ3n) is 3.30. The molecule has 3 heteroatoms. The molecule has 0 heterocycles. The molecule has 1 aliphatic rings. The van der Waals surface area contributed by atoms with Crippen LogP contribution in [0, 0.1) is 5.92 Å². The lowest BCUT2D eigenvalue weighted by molar-refractivity contribution is -0.143. The van der Waals surface area contributed by atoms with Crippen LogP contribution in [0.2, 0.25) is 0 Å². The number of rotatable bonds is 5. The van der Waals surface area contributed by atoms with Crippen LogP contribution in [0.25, 0.3) is 0 Å². The number of hydrogen-bond donors (Lipinski definition) is 2. The molecular weight excluding hydrogens is 190 g/mol. The van der Waals surface area contributed by atoms with Gasteiger partial charge in [0.1, 0.15) is 0 Å². The standard InChI is InChI=1S/C12H23NO2/c1-3-6-9(2)13-11-8-5-4-7-10(11)12(14)15/h9-11,13H,3-8H2,1-2H3,(H,14,15). The Morgan fingerprint density at radius 1 is 1.47 bits per heavy atom. The Balaban J connectivity index is 2.45. The fourth-order valence-electron chi connectivity index (χ4n) is 2.51. The third kappa shape index (κ3) is 3.82. The SMILES string of the molecule is CCCC(C)NC1CCCCC1C(=O)O. The van der Waals surface area contributed by atoms with Gasteiger partial charge in [-0.15, -0.1) is 0 Å². The molecule has 3 atom stereocenters. The van der Waals surface area contributed by atoms with Crippen LogP contribution in [0.4, 0.5) is 0 Å². The van der Waals surface area contributed by atoms with E-state index < -0.39 is 5.97 Å². The van der Waals surface area contributed by atoms with Crippen LogP contribution in [0.3, 0.4) is 0 Å². The summed E-state index contributed by atoms with van der Waals surface area (Å²) in [6, 6.07) is 0.637. The van der Waals surface area contributed by atoms with Gasteiger partial charge >= 0.3 is 5.97 Å². The molecule has 88 valence electrons. The van der Waals surface area contributed by atoms with Gasteiger partial charge in [0.2, 0.25) is 0 Å². The van der Waals surface area contributed by atoms with Crippen molar-refractivity contribution >= 4 is 5.97 Å². The average Bonchev–Trinajstić information content (AvgIpc) is 2.18. The van der Waals surface area contributed by atoms with E-state index in [1.165, 1.54) is 6.42 Å². The molecule has 1 aliphatic carbocycles. The summed E-state index contributed by atoms with van der Waals surface area (Å²) < 4.78 is 0. The van der Waals surface area contributed by atoms with Crippen LogP contribution in [-0.4, -0.2) is 23.2 Å². The molecule has 3 unspecified atom stereocenters. The Bertz CT molecular complexity index is 206. The maximum atomic E-state index is 11.1. The summed E-state index contributed by atoms with van der Waals surface area (Å²) in [4.78, 5) is 11.1. The molecule has 0 aromatic rings. The van der Waals surface area contributed by atoms with E-state index in [1.807, 2.05) is 0 Å². The van der Waals surface area contributed by atoms with Crippen LogP contribution in [0.15, 0.2) is 0 Å². The van der Waals surface area contributed by atoms with Crippen molar-refractivity contribution in [3.63, 3.8) is 0 Å². The zero-order valence-electron chi connectivity index (χ0n) is 9.83. The van der Waals surface area contributed by atoms with Crippen molar-refractivity contribution < 1.29 is 9.90 Å². The molecule has 0 saturated heterocycles. The minimum atomic E-state index is -0.629. The summed E-state index contributed by atoms with van der Waals surface area (Å²) in [5.74, 6) is -0.797. The van der Waals surface area contributed by atoms with Gasteiger partial charge in [-0.2, -0.15) is 0 Å². The van der Waals surface area contributed by atoms with Crippen LogP contribution in [-0.2, 0) is 4.79 Å². The zero-order valence-corrected chi connectivity index (χ0v) is 9.83. The second kappa shape index (κ2) is 6.11. The van der Waals surface area contributed by atoms with E-state index in [-0.39, 0.29) is 12.0 Å². The molecule has 0 bridgehead atoms. The lowest BCUT2D eigenvalue weighted by Crippen LogP contribution is -2.46. The van der Waals surface area contributed by atoms with Crippen LogP contribution < -0.4 is 5.32 Å². The average molecular weight is 213 g/mol. The molecule has 1 rings (SSSR count). The topological polar surface area (TPSA) is 49.3 Å². The first-order valence-corrected chi connectivity index (χ1v) is 6.14. The van der Waals surface area contributed by atoms with Gasteiger partial charge in [-0.1, -0.05) is 26.2 Å². The number of carbonyl (C=O) groups is 1. The molecule has 3 nitrogen and oxygen atoms in total. The van der Waals surface area contributed by atoms with Crippen molar-refractivity contribution in [2.24, 2.45) is 5.92 Å². The van der Waals surface area contributed by atoms with Crippen LogP contribution >= 0.6 is 0 Å². The first kappa shape index (κ1) is 12.5. The summed E-state index contributed by atoms with van der Waals surface area (Å²) in [5.41, 5.74) is 0. The maximum absolute atomic E-state index is 11.1. The van der Waals surface area contributed by atoms with E-state index in [2.05, 4.69) is 19.2 Å². The first-order valence-electron chi connectivity index (χ1n) is 6.14. The minimum Gasteiger partial charge on any atom is -0.481 e. The number of carboxylic acids is 1. The lowest BCUT2D eigenvalue weighted by Gasteiger charge is -2.31. The van der Waals surface area contributed by atoms with Crippen LogP contribution in [0.1, 0.15) is 52.4 Å². The van der Waals surface area contributed by atoms with Gasteiger partial charge in [0.05, 0.1) is 5.92 Å². The highest BCUT2D eigenvalue weighted by Gasteiger charge is 2.30. The quantitative estimate of drug-likeness (QED) is 0.737. The molecule has 0 radical (unpaired) electrons. The van der Waals surface area contributed by atoms with E-state index in [9.17, 15) is 4.79 Å². The van der Waals surface area contributed by atoms with Gasteiger partial charge in [0.25, 0.3) is 0 Å². The zero-order chi connectivity index (χ0) is 11.3. The molecule has 1 fully saturated rings. The van der Waals surface area contributed by atoms with E-state index in [4.69, 9.17) is 5.11 Å². The van der Waals surface area contributed by atoms with Crippen molar-refractivity contribution in [1.29, 1.82) is 0 Å². The molecule has 1 saturated carbocycles. The predicted molar refractivity (Wildman–Crippen MR) is 60.9 cm³/mol. The second-order valence-electron chi connectivity index (χ2n) is 4.69. The van der Waals surface area contributed by atoms with Crippen molar-refractivity contribution in [2.75, 3.05) is 0 Å². The molecule has 0 aliphatic heterocycles. The molecule has 0 aromatic carbocycles. The molecule has 0 aromatic heterocycles. The molecular formula is C12H23NO2. The van der Waals surface area contributed by atoms with Gasteiger partial charge in [-0.05, 0) is 26.2 Å². The number of carboxylic acid groups (broad SMARTS) is 1. The van der Waals surface area contributed by atoms with Gasteiger partial charge < -0.3 is 10.4 Å². The molecule has 15 heavy (non-hydrogen) atoms. The fraction of sp³-hybridized carbons (Fsp3) is 0.917. The van der Waals surface area contributed by atoms with E-state index in [0.717, 1.165) is 32.1 Å². The molecule has 2 N–H and O–H groups in total. The van der Waals surface area contributed by atoms with Gasteiger partial charge in [0, 0.05) is 12.1 Å². The van der Waals surface area contributed by atoms with Gasteiger partial charge in [0.15, 0.2) is 0 Å². The summed E-state index contributed by atoms with van der Waals surface area (Å²) in [7, 11) is 0. The molecule has 0 amide bonds. The smallest absolute Gasteiger partial charge is 0.308 e. The Hall–Kier alpha value is -0.570. The summed E-state index contributed by atoms with van der Waals surface area (Å²) in [6.07, 6.45) is 6.37. The minimum absolute atomic E-state index is 0.168. The second-order valence-corrected chi connectivity index (χ2v) is 4.69. The Kier molecular flexibility index (Phi) is 5.09. The maximum Gasteiger partial charge on any atom is 0.308 e. The third-order valence-corrected chi connectivity index (χ3v) is 3.30.